The van der Waals surface area contributed by atoms with Crippen molar-refractivity contribution in [2.45, 2.75) is 83.8 Å². The molecule has 0 amide bonds. The highest BCUT2D eigenvalue weighted by molar-refractivity contribution is 6.02. The van der Waals surface area contributed by atoms with Gasteiger partial charge >= 0.3 is 0 Å². The van der Waals surface area contributed by atoms with Crippen LogP contribution in [0.15, 0.2) is 35.5 Å². The number of hydrogen-bond donors (Lipinski definition) is 6. The Morgan fingerprint density at radius 1 is 1.07 bits per heavy atom. The van der Waals surface area contributed by atoms with Gasteiger partial charge < -0.3 is 40.1 Å². The second-order valence-electron chi connectivity index (χ2n) is 11.0. The number of ketones is 1. The van der Waals surface area contributed by atoms with E-state index in [2.05, 4.69) is 5.18 Å². The van der Waals surface area contributed by atoms with E-state index in [1.807, 2.05) is 32.6 Å². The smallest absolute Gasteiger partial charge is 0.229 e. The van der Waals surface area contributed by atoms with Gasteiger partial charge in [0.15, 0.2) is 5.78 Å². The lowest BCUT2D eigenvalue weighted by Gasteiger charge is -2.39. The molecule has 12 nitrogen and oxygen atoms in total. The van der Waals surface area contributed by atoms with Crippen molar-refractivity contribution in [2.75, 3.05) is 13.2 Å². The number of carbonyl (C=O) groups excluding carboxylic acids is 1. The standard InChI is InChI=1S/C29H40N2O10/c1-15(2)12-31(16(3)4)13-19-21(35)11-22(40-29-28(38)27(37)25(30-39)23(14-32)41-29)24(26(19)36)20(34)10-7-17-5-8-18(33)9-6-17/h5-6,8-9,11,15-16,23,25,27-29,32-33,35-38H,7,10,12-14H2,1-4H3/t23?,25-,27?,28-,29?/m1/s1. The molecule has 1 heterocycles. The van der Waals surface area contributed by atoms with Crippen molar-refractivity contribution in [3.8, 4) is 23.0 Å². The second kappa shape index (κ2) is 14.1. The second-order valence-corrected chi connectivity index (χ2v) is 11.0. The normalized spacial score (nSPS) is 22.8. The molecular formula is C29H40N2O10. The molecule has 0 radical (unpaired) electrons. The number of aromatic hydroxyl groups is 3. The van der Waals surface area contributed by atoms with Gasteiger partial charge in [-0.15, -0.1) is 0 Å². The predicted octanol–water partition coefficient (Wildman–Crippen LogP) is 2.44. The molecule has 1 aliphatic heterocycles. The van der Waals surface area contributed by atoms with Gasteiger partial charge in [0.05, 0.1) is 12.2 Å². The molecule has 3 unspecified atom stereocenters. The number of rotatable bonds is 13. The zero-order valence-electron chi connectivity index (χ0n) is 23.7. The van der Waals surface area contributed by atoms with E-state index in [1.165, 1.54) is 12.1 Å². The molecule has 3 rings (SSSR count). The average Bonchev–Trinajstić information content (AvgIpc) is 2.91. The van der Waals surface area contributed by atoms with E-state index in [0.717, 1.165) is 11.6 Å². The molecule has 1 aliphatic rings. The fourth-order valence-electron chi connectivity index (χ4n) is 4.79. The third kappa shape index (κ3) is 7.72. The van der Waals surface area contributed by atoms with Gasteiger partial charge in [0.1, 0.15) is 52.9 Å². The van der Waals surface area contributed by atoms with Gasteiger partial charge in [-0.3, -0.25) is 9.69 Å². The van der Waals surface area contributed by atoms with Crippen LogP contribution in [0.2, 0.25) is 0 Å². The summed E-state index contributed by atoms with van der Waals surface area (Å²) in [5, 5.41) is 65.1. The maximum absolute atomic E-state index is 13.6. The Morgan fingerprint density at radius 2 is 1.73 bits per heavy atom. The van der Waals surface area contributed by atoms with Gasteiger partial charge in [-0.2, -0.15) is 4.91 Å². The summed E-state index contributed by atoms with van der Waals surface area (Å²) < 4.78 is 11.2. The first-order chi connectivity index (χ1) is 19.4. The number of ether oxygens (including phenoxy) is 2. The summed E-state index contributed by atoms with van der Waals surface area (Å²) >= 11 is 0. The minimum Gasteiger partial charge on any atom is -0.508 e. The number of carbonyl (C=O) groups is 1. The molecule has 2 aromatic rings. The Hall–Kier alpha value is -3.29. The van der Waals surface area contributed by atoms with Crippen LogP contribution in [0.3, 0.4) is 0 Å². The van der Waals surface area contributed by atoms with E-state index in [1.54, 1.807) is 12.1 Å². The SMILES string of the molecule is CC(C)CN(Cc1c(O)cc(OC2OC(CO)[C@@H](N=O)C(O)[C@H]2O)c(C(=O)CCc2ccc(O)cc2)c1O)C(C)C. The number of hydrogen-bond acceptors (Lipinski definition) is 12. The quantitative estimate of drug-likeness (QED) is 0.152. The summed E-state index contributed by atoms with van der Waals surface area (Å²) in [6.45, 7) is 8.11. The number of aryl methyl sites for hydroxylation is 1. The van der Waals surface area contributed by atoms with Crippen LogP contribution in [0.5, 0.6) is 23.0 Å². The molecule has 0 bridgehead atoms. The first kappa shape index (κ1) is 32.2. The number of aliphatic hydroxyl groups excluding tert-OH is 3. The van der Waals surface area contributed by atoms with Crippen LogP contribution in [-0.4, -0.2) is 91.2 Å². The maximum Gasteiger partial charge on any atom is 0.229 e. The van der Waals surface area contributed by atoms with Crippen molar-refractivity contribution in [1.82, 2.24) is 4.90 Å². The molecule has 0 aliphatic carbocycles. The highest BCUT2D eigenvalue weighted by Crippen LogP contribution is 2.41. The third-order valence-electron chi connectivity index (χ3n) is 7.11. The van der Waals surface area contributed by atoms with Crippen LogP contribution in [0.1, 0.15) is 55.6 Å². The van der Waals surface area contributed by atoms with Gasteiger partial charge in [0, 0.05) is 31.6 Å². The Balaban J connectivity index is 2.01. The number of nitroso groups, excluding NO2 is 1. The third-order valence-corrected chi connectivity index (χ3v) is 7.11. The summed E-state index contributed by atoms with van der Waals surface area (Å²) in [4.78, 5) is 26.7. The average molecular weight is 577 g/mol. The van der Waals surface area contributed by atoms with Crippen molar-refractivity contribution in [3.05, 3.63) is 51.9 Å². The molecule has 1 saturated heterocycles. The maximum atomic E-state index is 13.6. The summed E-state index contributed by atoms with van der Waals surface area (Å²) in [5.74, 6) is -1.35. The number of phenols is 3. The monoisotopic (exact) mass is 576 g/mol. The Labute approximate surface area is 238 Å². The fourth-order valence-corrected chi connectivity index (χ4v) is 4.79. The van der Waals surface area contributed by atoms with Crippen LogP contribution >= 0.6 is 0 Å². The fraction of sp³-hybridized carbons (Fsp3) is 0.552. The minimum atomic E-state index is -1.80. The van der Waals surface area contributed by atoms with Gasteiger partial charge in [-0.1, -0.05) is 31.2 Å². The first-order valence-corrected chi connectivity index (χ1v) is 13.6. The highest BCUT2D eigenvalue weighted by atomic mass is 16.7. The number of Topliss-reactive ketones (excluding diaryl/α,β-unsaturated/α-hetero) is 1. The van der Waals surface area contributed by atoms with Crippen molar-refractivity contribution in [1.29, 1.82) is 0 Å². The van der Waals surface area contributed by atoms with Gasteiger partial charge in [0.2, 0.25) is 6.29 Å². The highest BCUT2D eigenvalue weighted by Gasteiger charge is 2.47. The molecule has 5 atom stereocenters. The van der Waals surface area contributed by atoms with Crippen LogP contribution in [-0.2, 0) is 17.7 Å². The number of nitrogens with zero attached hydrogens (tertiary/aromatic N) is 2. The molecule has 0 spiro atoms. The molecule has 1 fully saturated rings. The van der Waals surface area contributed by atoms with Crippen molar-refractivity contribution in [3.63, 3.8) is 0 Å². The Morgan fingerprint density at radius 3 is 2.29 bits per heavy atom. The number of aliphatic hydroxyl groups is 3. The van der Waals surface area contributed by atoms with Crippen molar-refractivity contribution < 1.29 is 44.9 Å². The molecule has 12 heteroatoms. The predicted molar refractivity (Wildman–Crippen MR) is 149 cm³/mol. The molecule has 226 valence electrons. The molecule has 0 saturated carbocycles. The zero-order valence-corrected chi connectivity index (χ0v) is 23.7. The molecule has 6 N–H and O–H groups in total. The zero-order chi connectivity index (χ0) is 30.4. The molecule has 2 aromatic carbocycles. The van der Waals surface area contributed by atoms with E-state index in [-0.39, 0.29) is 59.7 Å². The van der Waals surface area contributed by atoms with E-state index < -0.39 is 48.8 Å². The van der Waals surface area contributed by atoms with E-state index >= 15 is 0 Å². The van der Waals surface area contributed by atoms with Crippen LogP contribution in [0.25, 0.3) is 0 Å². The summed E-state index contributed by atoms with van der Waals surface area (Å²) in [6, 6.07) is 6.04. The van der Waals surface area contributed by atoms with E-state index in [0.29, 0.717) is 6.54 Å². The number of benzene rings is 2. The van der Waals surface area contributed by atoms with Crippen LogP contribution in [0, 0.1) is 10.8 Å². The van der Waals surface area contributed by atoms with Crippen LogP contribution < -0.4 is 4.74 Å². The van der Waals surface area contributed by atoms with E-state index in [4.69, 9.17) is 9.47 Å². The van der Waals surface area contributed by atoms with Crippen molar-refractivity contribution >= 4 is 5.78 Å². The summed E-state index contributed by atoms with van der Waals surface area (Å²) in [6.07, 6.45) is -6.32. The number of phenolic OH excluding ortho intramolecular Hbond substituents is 3. The minimum absolute atomic E-state index is 0.0582. The molecular weight excluding hydrogens is 536 g/mol. The molecule has 41 heavy (non-hydrogen) atoms. The van der Waals surface area contributed by atoms with Crippen LogP contribution in [0.4, 0.5) is 0 Å². The summed E-state index contributed by atoms with van der Waals surface area (Å²) in [7, 11) is 0. The largest absolute Gasteiger partial charge is 0.508 e. The Kier molecular flexibility index (Phi) is 11.0. The lowest BCUT2D eigenvalue weighted by atomic mass is 9.96. The topological polar surface area (TPSA) is 190 Å². The lowest BCUT2D eigenvalue weighted by molar-refractivity contribution is -0.247. The van der Waals surface area contributed by atoms with Gasteiger partial charge in [-0.25, -0.2) is 0 Å². The Bertz CT molecular complexity index is 1190. The molecule has 0 aromatic heterocycles. The van der Waals surface area contributed by atoms with Gasteiger partial charge in [-0.05, 0) is 43.9 Å². The first-order valence-electron chi connectivity index (χ1n) is 13.6. The van der Waals surface area contributed by atoms with Crippen molar-refractivity contribution in [2.24, 2.45) is 11.1 Å². The lowest BCUT2D eigenvalue weighted by Crippen LogP contribution is -2.59. The van der Waals surface area contributed by atoms with Gasteiger partial charge in [0.25, 0.3) is 0 Å². The van der Waals surface area contributed by atoms with E-state index in [9.17, 15) is 40.3 Å². The summed E-state index contributed by atoms with van der Waals surface area (Å²) in [5.41, 5.74) is 0.613.